The van der Waals surface area contributed by atoms with E-state index in [0.717, 1.165) is 5.56 Å². The van der Waals surface area contributed by atoms with Gasteiger partial charge in [0.1, 0.15) is 5.54 Å². The van der Waals surface area contributed by atoms with Crippen LogP contribution in [0, 0.1) is 6.92 Å². The van der Waals surface area contributed by atoms with Crippen molar-refractivity contribution in [2.75, 3.05) is 6.54 Å². The van der Waals surface area contributed by atoms with E-state index >= 15 is 0 Å². The predicted octanol–water partition coefficient (Wildman–Crippen LogP) is 2.40. The number of benzene rings is 1. The summed E-state index contributed by atoms with van der Waals surface area (Å²) in [6.45, 7) is 7.02. The number of hydrogen-bond donors (Lipinski definition) is 1. The first-order chi connectivity index (χ1) is 10.0. The van der Waals surface area contributed by atoms with E-state index in [9.17, 15) is 9.59 Å². The molecular formula is C17H24N2O2. The Balaban J connectivity index is 2.28. The van der Waals surface area contributed by atoms with Gasteiger partial charge in [-0.15, -0.1) is 0 Å². The lowest BCUT2D eigenvalue weighted by molar-refractivity contribution is -0.139. The number of carbonyl (C=O) groups is 2. The van der Waals surface area contributed by atoms with Crippen LogP contribution >= 0.6 is 0 Å². The van der Waals surface area contributed by atoms with Crippen molar-refractivity contribution in [2.24, 2.45) is 0 Å². The molecule has 1 aliphatic heterocycles. The van der Waals surface area contributed by atoms with Crippen LogP contribution in [-0.2, 0) is 16.1 Å². The molecule has 2 rings (SSSR count). The van der Waals surface area contributed by atoms with Gasteiger partial charge < -0.3 is 10.2 Å². The summed E-state index contributed by atoms with van der Waals surface area (Å²) in [6.07, 6.45) is 1.62. The second kappa shape index (κ2) is 6.29. The van der Waals surface area contributed by atoms with E-state index in [0.29, 0.717) is 32.4 Å². The van der Waals surface area contributed by atoms with Crippen LogP contribution in [0.1, 0.15) is 44.2 Å². The van der Waals surface area contributed by atoms with Crippen LogP contribution in [0.4, 0.5) is 0 Å². The maximum Gasteiger partial charge on any atom is 0.248 e. The molecule has 114 valence electrons. The number of rotatable bonds is 4. The summed E-state index contributed by atoms with van der Waals surface area (Å²) in [4.78, 5) is 26.7. The van der Waals surface area contributed by atoms with E-state index < -0.39 is 5.54 Å². The van der Waals surface area contributed by atoms with Gasteiger partial charge in [-0.05, 0) is 30.9 Å². The van der Waals surface area contributed by atoms with Gasteiger partial charge >= 0.3 is 0 Å². The molecule has 0 radical (unpaired) electrons. The number of amides is 2. The average molecular weight is 288 g/mol. The van der Waals surface area contributed by atoms with E-state index in [1.807, 2.05) is 49.9 Å². The minimum atomic E-state index is -0.740. The third-order valence-electron chi connectivity index (χ3n) is 4.51. The zero-order chi connectivity index (χ0) is 15.5. The maximum atomic E-state index is 12.9. The first kappa shape index (κ1) is 15.5. The van der Waals surface area contributed by atoms with Crippen molar-refractivity contribution >= 4 is 11.8 Å². The smallest absolute Gasteiger partial charge is 0.248 e. The SMILES string of the molecule is CCC1(CC)NC(=O)CCN(Cc2ccccc2C)C1=O. The largest absolute Gasteiger partial charge is 0.342 e. The van der Waals surface area contributed by atoms with E-state index in [1.165, 1.54) is 5.56 Å². The molecular weight excluding hydrogens is 264 g/mol. The molecule has 1 aromatic rings. The number of hydrogen-bond acceptors (Lipinski definition) is 2. The molecule has 0 saturated carbocycles. The lowest BCUT2D eigenvalue weighted by atomic mass is 9.91. The zero-order valence-electron chi connectivity index (χ0n) is 13.1. The highest BCUT2D eigenvalue weighted by Crippen LogP contribution is 2.23. The van der Waals surface area contributed by atoms with Gasteiger partial charge in [-0.25, -0.2) is 0 Å². The molecule has 1 saturated heterocycles. The lowest BCUT2D eigenvalue weighted by Gasteiger charge is -2.34. The molecule has 4 heteroatoms. The van der Waals surface area contributed by atoms with Crippen LogP contribution in [0.5, 0.6) is 0 Å². The summed E-state index contributed by atoms with van der Waals surface area (Å²) < 4.78 is 0. The summed E-state index contributed by atoms with van der Waals surface area (Å²) in [6, 6.07) is 8.08. The first-order valence-electron chi connectivity index (χ1n) is 7.67. The van der Waals surface area contributed by atoms with Gasteiger partial charge in [0.15, 0.2) is 0 Å². The molecule has 2 amide bonds. The molecule has 0 aliphatic carbocycles. The van der Waals surface area contributed by atoms with Gasteiger partial charge in [0.05, 0.1) is 0 Å². The van der Waals surface area contributed by atoms with Gasteiger partial charge in [0, 0.05) is 19.5 Å². The fourth-order valence-corrected chi connectivity index (χ4v) is 2.90. The van der Waals surface area contributed by atoms with Crippen LogP contribution in [0.3, 0.4) is 0 Å². The summed E-state index contributed by atoms with van der Waals surface area (Å²) in [5.74, 6) is 0.0148. The fourth-order valence-electron chi connectivity index (χ4n) is 2.90. The van der Waals surface area contributed by atoms with Gasteiger partial charge in [0.25, 0.3) is 0 Å². The molecule has 0 atom stereocenters. The quantitative estimate of drug-likeness (QED) is 0.925. The highest BCUT2D eigenvalue weighted by molar-refractivity contribution is 5.93. The number of carbonyl (C=O) groups excluding carboxylic acids is 2. The molecule has 1 heterocycles. The highest BCUT2D eigenvalue weighted by Gasteiger charge is 2.41. The standard InChI is InChI=1S/C17H24N2O2/c1-4-17(5-2)16(21)19(11-10-15(20)18-17)12-14-9-7-6-8-13(14)3/h6-9H,4-5,10-12H2,1-3H3,(H,18,20). The van der Waals surface area contributed by atoms with Crippen molar-refractivity contribution in [3.63, 3.8) is 0 Å². The fraction of sp³-hybridized carbons (Fsp3) is 0.529. The second-order valence-corrected chi connectivity index (χ2v) is 5.74. The molecule has 0 unspecified atom stereocenters. The maximum absolute atomic E-state index is 12.9. The number of aryl methyl sites for hydroxylation is 1. The van der Waals surface area contributed by atoms with Crippen molar-refractivity contribution in [3.8, 4) is 0 Å². The predicted molar refractivity (Wildman–Crippen MR) is 82.7 cm³/mol. The van der Waals surface area contributed by atoms with Crippen LogP contribution < -0.4 is 5.32 Å². The summed E-state index contributed by atoms with van der Waals surface area (Å²) in [7, 11) is 0. The normalized spacial score (nSPS) is 18.3. The Labute approximate surface area is 126 Å². The Morgan fingerprint density at radius 2 is 1.86 bits per heavy atom. The Bertz CT molecular complexity index is 535. The molecule has 0 aromatic heterocycles. The van der Waals surface area contributed by atoms with E-state index in [1.54, 1.807) is 0 Å². The molecule has 0 spiro atoms. The third kappa shape index (κ3) is 3.09. The third-order valence-corrected chi connectivity index (χ3v) is 4.51. The van der Waals surface area contributed by atoms with Crippen molar-refractivity contribution in [3.05, 3.63) is 35.4 Å². The zero-order valence-corrected chi connectivity index (χ0v) is 13.1. The van der Waals surface area contributed by atoms with Crippen molar-refractivity contribution in [1.29, 1.82) is 0 Å². The van der Waals surface area contributed by atoms with Gasteiger partial charge in [0.2, 0.25) is 11.8 Å². The van der Waals surface area contributed by atoms with Crippen LogP contribution in [0.15, 0.2) is 24.3 Å². The Hall–Kier alpha value is -1.84. The summed E-state index contributed by atoms with van der Waals surface area (Å²) in [5.41, 5.74) is 1.57. The lowest BCUT2D eigenvalue weighted by Crippen LogP contribution is -2.56. The van der Waals surface area contributed by atoms with Gasteiger partial charge in [-0.3, -0.25) is 9.59 Å². The molecule has 1 fully saturated rings. The average Bonchev–Trinajstić information content (AvgIpc) is 2.61. The first-order valence-corrected chi connectivity index (χ1v) is 7.67. The minimum Gasteiger partial charge on any atom is -0.342 e. The van der Waals surface area contributed by atoms with Crippen molar-refractivity contribution in [2.45, 2.75) is 52.1 Å². The van der Waals surface area contributed by atoms with Crippen LogP contribution in [0.2, 0.25) is 0 Å². The molecule has 1 N–H and O–H groups in total. The van der Waals surface area contributed by atoms with Crippen molar-refractivity contribution < 1.29 is 9.59 Å². The summed E-state index contributed by atoms with van der Waals surface area (Å²) in [5, 5.41) is 2.94. The number of nitrogens with one attached hydrogen (secondary N) is 1. The molecule has 1 aromatic carbocycles. The van der Waals surface area contributed by atoms with Crippen LogP contribution in [-0.4, -0.2) is 28.8 Å². The van der Waals surface area contributed by atoms with Crippen LogP contribution in [0.25, 0.3) is 0 Å². The Morgan fingerprint density at radius 3 is 2.48 bits per heavy atom. The minimum absolute atomic E-state index is 0.0284. The van der Waals surface area contributed by atoms with Crippen molar-refractivity contribution in [1.82, 2.24) is 10.2 Å². The Kier molecular flexibility index (Phi) is 4.66. The van der Waals surface area contributed by atoms with Gasteiger partial charge in [-0.2, -0.15) is 0 Å². The second-order valence-electron chi connectivity index (χ2n) is 5.74. The molecule has 21 heavy (non-hydrogen) atoms. The van der Waals surface area contributed by atoms with Gasteiger partial charge in [-0.1, -0.05) is 38.1 Å². The number of nitrogens with zero attached hydrogens (tertiary/aromatic N) is 1. The van der Waals surface area contributed by atoms with E-state index in [2.05, 4.69) is 5.32 Å². The van der Waals surface area contributed by atoms with E-state index in [4.69, 9.17) is 0 Å². The Morgan fingerprint density at radius 1 is 1.19 bits per heavy atom. The monoisotopic (exact) mass is 288 g/mol. The summed E-state index contributed by atoms with van der Waals surface area (Å²) >= 11 is 0. The topological polar surface area (TPSA) is 49.4 Å². The molecule has 0 bridgehead atoms. The molecule has 4 nitrogen and oxygen atoms in total. The highest BCUT2D eigenvalue weighted by atomic mass is 16.2. The molecule has 1 aliphatic rings. The van der Waals surface area contributed by atoms with E-state index in [-0.39, 0.29) is 11.8 Å².